The van der Waals surface area contributed by atoms with Crippen LogP contribution in [0, 0.1) is 0 Å². The molecule has 1 aliphatic carbocycles. The molecule has 0 unspecified atom stereocenters. The molecule has 0 spiro atoms. The van der Waals surface area contributed by atoms with Gasteiger partial charge in [0.05, 0.1) is 6.04 Å². The van der Waals surface area contributed by atoms with Crippen LogP contribution in [0.2, 0.25) is 0 Å². The first-order valence-electron chi connectivity index (χ1n) is 6.79. The summed E-state index contributed by atoms with van der Waals surface area (Å²) in [7, 11) is 0. The first kappa shape index (κ1) is 12.3. The van der Waals surface area contributed by atoms with Crippen molar-refractivity contribution in [1.29, 1.82) is 0 Å². The molecule has 2 N–H and O–H groups in total. The summed E-state index contributed by atoms with van der Waals surface area (Å²) in [6.07, 6.45) is 6.88. The van der Waals surface area contributed by atoms with E-state index in [1.54, 1.807) is 0 Å². The van der Waals surface area contributed by atoms with Gasteiger partial charge in [0, 0.05) is 23.4 Å². The van der Waals surface area contributed by atoms with Crippen LogP contribution in [0.3, 0.4) is 0 Å². The van der Waals surface area contributed by atoms with E-state index in [2.05, 4.69) is 21.2 Å². The van der Waals surface area contributed by atoms with Crippen LogP contribution in [0.5, 0.6) is 0 Å². The molecule has 1 atom stereocenters. The van der Waals surface area contributed by atoms with Crippen molar-refractivity contribution < 1.29 is 4.52 Å². The highest BCUT2D eigenvalue weighted by molar-refractivity contribution is 5.54. The summed E-state index contributed by atoms with van der Waals surface area (Å²) in [6.45, 7) is 1.83. The maximum atomic E-state index is 5.73. The molecule has 0 aromatic carbocycles. The second-order valence-corrected chi connectivity index (χ2v) is 5.20. The molecule has 1 aliphatic rings. The van der Waals surface area contributed by atoms with Gasteiger partial charge < -0.3 is 10.3 Å². The van der Waals surface area contributed by atoms with E-state index in [4.69, 9.17) is 10.3 Å². The molecular formula is C14H18N4O. The van der Waals surface area contributed by atoms with Crippen molar-refractivity contribution in [3.63, 3.8) is 0 Å². The minimum atomic E-state index is -0.239. The Balaban J connectivity index is 1.89. The second-order valence-electron chi connectivity index (χ2n) is 5.20. The van der Waals surface area contributed by atoms with Crippen LogP contribution in [0.15, 0.2) is 22.9 Å². The second kappa shape index (κ2) is 5.09. The van der Waals surface area contributed by atoms with Crippen LogP contribution in [0.25, 0.3) is 11.4 Å². The van der Waals surface area contributed by atoms with Crippen molar-refractivity contribution >= 4 is 0 Å². The minimum absolute atomic E-state index is 0.239. The highest BCUT2D eigenvalue weighted by Crippen LogP contribution is 2.34. The maximum Gasteiger partial charge on any atom is 0.243 e. The number of pyridine rings is 1. The summed E-state index contributed by atoms with van der Waals surface area (Å²) >= 11 is 0. The van der Waals surface area contributed by atoms with E-state index in [-0.39, 0.29) is 6.04 Å². The molecular weight excluding hydrogens is 240 g/mol. The van der Waals surface area contributed by atoms with Gasteiger partial charge in [0.25, 0.3) is 0 Å². The molecule has 3 rings (SSSR count). The minimum Gasteiger partial charge on any atom is -0.337 e. The number of aromatic nitrogens is 3. The smallest absolute Gasteiger partial charge is 0.243 e. The van der Waals surface area contributed by atoms with Crippen LogP contribution in [0.4, 0.5) is 0 Å². The predicted molar refractivity (Wildman–Crippen MR) is 71.3 cm³/mol. The van der Waals surface area contributed by atoms with Crippen LogP contribution >= 0.6 is 0 Å². The Hall–Kier alpha value is -1.75. The van der Waals surface area contributed by atoms with Crippen LogP contribution < -0.4 is 5.73 Å². The van der Waals surface area contributed by atoms with E-state index in [9.17, 15) is 0 Å². The Labute approximate surface area is 112 Å². The third kappa shape index (κ3) is 2.51. The van der Waals surface area contributed by atoms with Gasteiger partial charge in [0.2, 0.25) is 11.7 Å². The Morgan fingerprint density at radius 1 is 1.37 bits per heavy atom. The van der Waals surface area contributed by atoms with Gasteiger partial charge in [-0.25, -0.2) is 0 Å². The van der Waals surface area contributed by atoms with E-state index in [1.807, 2.05) is 19.2 Å². The van der Waals surface area contributed by atoms with Gasteiger partial charge in [-0.05, 0) is 31.9 Å². The molecule has 0 radical (unpaired) electrons. The van der Waals surface area contributed by atoms with E-state index < -0.39 is 0 Å². The lowest BCUT2D eigenvalue weighted by molar-refractivity contribution is 0.362. The molecule has 1 saturated carbocycles. The molecule has 0 saturated heterocycles. The van der Waals surface area contributed by atoms with Gasteiger partial charge in [0.1, 0.15) is 0 Å². The molecule has 2 heterocycles. The summed E-state index contributed by atoms with van der Waals surface area (Å²) in [4.78, 5) is 8.80. The molecule has 1 fully saturated rings. The van der Waals surface area contributed by atoms with Crippen molar-refractivity contribution in [2.24, 2.45) is 5.73 Å². The van der Waals surface area contributed by atoms with E-state index in [0.29, 0.717) is 17.6 Å². The standard InChI is InChI=1S/C14H18N4O/c1-9(15)14-17-13(18-19-14)11-6-7-16-12(8-11)10-4-2-3-5-10/h6-10H,2-5,15H2,1H3/t9-/m0/s1. The fourth-order valence-electron chi connectivity index (χ4n) is 2.57. The molecule has 0 bridgehead atoms. The highest BCUT2D eigenvalue weighted by Gasteiger charge is 2.19. The Morgan fingerprint density at radius 3 is 2.84 bits per heavy atom. The lowest BCUT2D eigenvalue weighted by Crippen LogP contribution is -2.04. The van der Waals surface area contributed by atoms with Crippen LogP contribution in [-0.2, 0) is 0 Å². The number of hydrogen-bond acceptors (Lipinski definition) is 5. The normalized spacial score (nSPS) is 17.8. The first-order valence-corrected chi connectivity index (χ1v) is 6.79. The van der Waals surface area contributed by atoms with Crippen molar-refractivity contribution in [3.05, 3.63) is 29.9 Å². The average Bonchev–Trinajstić information content (AvgIpc) is 3.10. The van der Waals surface area contributed by atoms with Gasteiger partial charge in [-0.3, -0.25) is 4.98 Å². The summed E-state index contributed by atoms with van der Waals surface area (Å²) in [5.41, 5.74) is 7.82. The average molecular weight is 258 g/mol. The molecule has 100 valence electrons. The van der Waals surface area contributed by atoms with E-state index in [0.717, 1.165) is 11.3 Å². The van der Waals surface area contributed by atoms with E-state index in [1.165, 1.54) is 25.7 Å². The molecule has 2 aromatic heterocycles. The third-order valence-electron chi connectivity index (χ3n) is 3.64. The molecule has 5 nitrogen and oxygen atoms in total. The summed E-state index contributed by atoms with van der Waals surface area (Å²) in [5, 5.41) is 3.98. The van der Waals surface area contributed by atoms with Crippen molar-refractivity contribution in [2.45, 2.75) is 44.6 Å². The van der Waals surface area contributed by atoms with Gasteiger partial charge in [-0.15, -0.1) is 0 Å². The zero-order chi connectivity index (χ0) is 13.2. The third-order valence-corrected chi connectivity index (χ3v) is 3.64. The zero-order valence-electron chi connectivity index (χ0n) is 11.0. The van der Waals surface area contributed by atoms with Gasteiger partial charge in [0.15, 0.2) is 0 Å². The lowest BCUT2D eigenvalue weighted by atomic mass is 10.0. The Morgan fingerprint density at radius 2 is 2.16 bits per heavy atom. The van der Waals surface area contributed by atoms with Gasteiger partial charge in [-0.2, -0.15) is 4.98 Å². The largest absolute Gasteiger partial charge is 0.337 e. The van der Waals surface area contributed by atoms with Crippen molar-refractivity contribution in [3.8, 4) is 11.4 Å². The Bertz CT molecular complexity index is 558. The Kier molecular flexibility index (Phi) is 3.29. The maximum absolute atomic E-state index is 5.73. The van der Waals surface area contributed by atoms with E-state index >= 15 is 0 Å². The summed E-state index contributed by atoms with van der Waals surface area (Å²) in [5.74, 6) is 1.64. The summed E-state index contributed by atoms with van der Waals surface area (Å²) < 4.78 is 5.14. The molecule has 5 heteroatoms. The SMILES string of the molecule is C[C@H](N)c1nc(-c2ccnc(C3CCCC3)c2)no1. The zero-order valence-corrected chi connectivity index (χ0v) is 11.0. The topological polar surface area (TPSA) is 77.8 Å². The van der Waals surface area contributed by atoms with Gasteiger partial charge in [-0.1, -0.05) is 18.0 Å². The number of hydrogen-bond donors (Lipinski definition) is 1. The molecule has 19 heavy (non-hydrogen) atoms. The van der Waals surface area contributed by atoms with Crippen molar-refractivity contribution in [2.75, 3.05) is 0 Å². The van der Waals surface area contributed by atoms with Crippen LogP contribution in [0.1, 0.15) is 56.2 Å². The fourth-order valence-corrected chi connectivity index (χ4v) is 2.57. The molecule has 0 amide bonds. The van der Waals surface area contributed by atoms with Crippen molar-refractivity contribution in [1.82, 2.24) is 15.1 Å². The monoisotopic (exact) mass is 258 g/mol. The predicted octanol–water partition coefficient (Wildman–Crippen LogP) is 2.81. The highest BCUT2D eigenvalue weighted by atomic mass is 16.5. The quantitative estimate of drug-likeness (QED) is 0.915. The van der Waals surface area contributed by atoms with Crippen LogP contribution in [-0.4, -0.2) is 15.1 Å². The first-order chi connectivity index (χ1) is 9.24. The lowest BCUT2D eigenvalue weighted by Gasteiger charge is -2.08. The number of nitrogens with two attached hydrogens (primary N) is 1. The molecule has 2 aromatic rings. The number of nitrogens with zero attached hydrogens (tertiary/aromatic N) is 3. The molecule has 0 aliphatic heterocycles. The van der Waals surface area contributed by atoms with Gasteiger partial charge >= 0.3 is 0 Å². The number of rotatable bonds is 3. The fraction of sp³-hybridized carbons (Fsp3) is 0.500. The summed E-state index contributed by atoms with van der Waals surface area (Å²) in [6, 6.07) is 3.75.